The minimum atomic E-state index is 0.143. The fourth-order valence-electron chi connectivity index (χ4n) is 0.877. The van der Waals surface area contributed by atoms with E-state index >= 15 is 0 Å². The van der Waals surface area contributed by atoms with Gasteiger partial charge in [0.1, 0.15) is 0 Å². The Bertz CT molecular complexity index is 124. The second kappa shape index (κ2) is 1.47. The third kappa shape index (κ3) is 0.997. The SMILES string of the molecule is CC1=NC(C)(C)CN1. The van der Waals surface area contributed by atoms with E-state index in [2.05, 4.69) is 24.2 Å². The van der Waals surface area contributed by atoms with Gasteiger partial charge >= 0.3 is 0 Å². The summed E-state index contributed by atoms with van der Waals surface area (Å²) in [7, 11) is 0. The van der Waals surface area contributed by atoms with E-state index in [0.717, 1.165) is 12.4 Å². The van der Waals surface area contributed by atoms with Crippen LogP contribution < -0.4 is 5.32 Å². The number of aliphatic imine (C=N–C) groups is 1. The Hall–Kier alpha value is -0.530. The molecule has 0 aromatic rings. The lowest BCUT2D eigenvalue weighted by molar-refractivity contribution is 0.549. The Morgan fingerprint density at radius 1 is 1.62 bits per heavy atom. The van der Waals surface area contributed by atoms with Gasteiger partial charge in [-0.15, -0.1) is 0 Å². The Labute approximate surface area is 50.0 Å². The quantitative estimate of drug-likeness (QED) is 0.492. The minimum absolute atomic E-state index is 0.143. The lowest BCUT2D eigenvalue weighted by Crippen LogP contribution is -2.25. The van der Waals surface area contributed by atoms with Crippen molar-refractivity contribution in [3.63, 3.8) is 0 Å². The molecular weight excluding hydrogens is 100 g/mol. The molecule has 2 heteroatoms. The molecule has 0 spiro atoms. The first-order valence-corrected chi connectivity index (χ1v) is 2.90. The van der Waals surface area contributed by atoms with Gasteiger partial charge in [-0.2, -0.15) is 0 Å². The maximum atomic E-state index is 4.33. The smallest absolute Gasteiger partial charge is 0.0939 e. The highest BCUT2D eigenvalue weighted by atomic mass is 15.1. The summed E-state index contributed by atoms with van der Waals surface area (Å²) in [5.74, 6) is 1.06. The zero-order valence-electron chi connectivity index (χ0n) is 5.65. The van der Waals surface area contributed by atoms with Crippen LogP contribution in [0.1, 0.15) is 20.8 Å². The summed E-state index contributed by atoms with van der Waals surface area (Å²) in [5.41, 5.74) is 0.143. The molecule has 0 bridgehead atoms. The van der Waals surface area contributed by atoms with E-state index in [9.17, 15) is 0 Å². The molecule has 0 aromatic heterocycles. The fraction of sp³-hybridized carbons (Fsp3) is 0.833. The number of nitrogens with one attached hydrogen (secondary N) is 1. The van der Waals surface area contributed by atoms with Gasteiger partial charge in [0.2, 0.25) is 0 Å². The molecule has 1 rings (SSSR count). The third-order valence-electron chi connectivity index (χ3n) is 1.25. The molecule has 0 fully saturated rings. The van der Waals surface area contributed by atoms with Crippen molar-refractivity contribution >= 4 is 5.84 Å². The van der Waals surface area contributed by atoms with Crippen molar-refractivity contribution in [2.24, 2.45) is 4.99 Å². The average Bonchev–Trinajstić information content (AvgIpc) is 1.82. The molecule has 1 N–H and O–H groups in total. The van der Waals surface area contributed by atoms with Crippen LogP contribution in [-0.2, 0) is 0 Å². The zero-order valence-corrected chi connectivity index (χ0v) is 5.65. The molecule has 0 unspecified atom stereocenters. The van der Waals surface area contributed by atoms with Crippen molar-refractivity contribution in [1.29, 1.82) is 0 Å². The van der Waals surface area contributed by atoms with Crippen molar-refractivity contribution in [3.8, 4) is 0 Å². The van der Waals surface area contributed by atoms with Crippen molar-refractivity contribution in [1.82, 2.24) is 5.32 Å². The molecule has 1 aliphatic rings. The Morgan fingerprint density at radius 3 is 2.38 bits per heavy atom. The van der Waals surface area contributed by atoms with E-state index < -0.39 is 0 Å². The van der Waals surface area contributed by atoms with Gasteiger partial charge < -0.3 is 5.32 Å². The summed E-state index contributed by atoms with van der Waals surface area (Å²) in [6, 6.07) is 0. The molecule has 0 aromatic carbocycles. The van der Waals surface area contributed by atoms with Crippen molar-refractivity contribution in [2.45, 2.75) is 26.3 Å². The lowest BCUT2D eigenvalue weighted by atomic mass is 10.1. The highest BCUT2D eigenvalue weighted by Crippen LogP contribution is 2.11. The monoisotopic (exact) mass is 112 g/mol. The van der Waals surface area contributed by atoms with Crippen LogP contribution in [0, 0.1) is 0 Å². The predicted octanol–water partition coefficient (Wildman–Crippen LogP) is 0.787. The fourth-order valence-corrected chi connectivity index (χ4v) is 0.877. The van der Waals surface area contributed by atoms with Crippen LogP contribution in [0.2, 0.25) is 0 Å². The number of amidine groups is 1. The van der Waals surface area contributed by atoms with Crippen LogP contribution in [0.15, 0.2) is 4.99 Å². The zero-order chi connectivity index (χ0) is 6.20. The van der Waals surface area contributed by atoms with Gasteiger partial charge in [-0.3, -0.25) is 4.99 Å². The number of hydrogen-bond donors (Lipinski definition) is 1. The van der Waals surface area contributed by atoms with Gasteiger partial charge in [0.05, 0.1) is 11.4 Å². The standard InChI is InChI=1S/C6H12N2/c1-5-7-4-6(2,3)8-5/h4H2,1-3H3,(H,7,8). The van der Waals surface area contributed by atoms with E-state index in [-0.39, 0.29) is 5.54 Å². The van der Waals surface area contributed by atoms with Crippen LogP contribution in [0.3, 0.4) is 0 Å². The van der Waals surface area contributed by atoms with E-state index in [1.54, 1.807) is 0 Å². The van der Waals surface area contributed by atoms with Gasteiger partial charge in [-0.25, -0.2) is 0 Å². The molecule has 0 saturated carbocycles. The Kier molecular flexibility index (Phi) is 1.03. The lowest BCUT2D eigenvalue weighted by Gasteiger charge is -2.09. The highest BCUT2D eigenvalue weighted by Gasteiger charge is 2.20. The number of nitrogens with zero attached hydrogens (tertiary/aromatic N) is 1. The Morgan fingerprint density at radius 2 is 2.25 bits per heavy atom. The van der Waals surface area contributed by atoms with Gasteiger partial charge in [0.15, 0.2) is 0 Å². The number of hydrogen-bond acceptors (Lipinski definition) is 2. The van der Waals surface area contributed by atoms with Crippen LogP contribution in [0.25, 0.3) is 0 Å². The van der Waals surface area contributed by atoms with Gasteiger partial charge in [-0.1, -0.05) is 0 Å². The summed E-state index contributed by atoms with van der Waals surface area (Å²) in [4.78, 5) is 4.33. The third-order valence-corrected chi connectivity index (χ3v) is 1.25. The van der Waals surface area contributed by atoms with Crippen molar-refractivity contribution in [3.05, 3.63) is 0 Å². The van der Waals surface area contributed by atoms with Gasteiger partial charge in [0, 0.05) is 6.54 Å². The molecule has 8 heavy (non-hydrogen) atoms. The largest absolute Gasteiger partial charge is 0.372 e. The summed E-state index contributed by atoms with van der Waals surface area (Å²) >= 11 is 0. The first kappa shape index (κ1) is 5.60. The molecule has 0 amide bonds. The maximum Gasteiger partial charge on any atom is 0.0939 e. The highest BCUT2D eigenvalue weighted by molar-refractivity contribution is 5.81. The van der Waals surface area contributed by atoms with Gasteiger partial charge in [0.25, 0.3) is 0 Å². The molecular formula is C6H12N2. The molecule has 0 atom stereocenters. The Balaban J connectivity index is 2.67. The average molecular weight is 112 g/mol. The first-order valence-electron chi connectivity index (χ1n) is 2.90. The topological polar surface area (TPSA) is 24.4 Å². The minimum Gasteiger partial charge on any atom is -0.372 e. The molecule has 2 nitrogen and oxygen atoms in total. The molecule has 0 aliphatic carbocycles. The maximum absolute atomic E-state index is 4.33. The molecule has 1 heterocycles. The summed E-state index contributed by atoms with van der Waals surface area (Å²) < 4.78 is 0. The molecule has 46 valence electrons. The van der Waals surface area contributed by atoms with Crippen molar-refractivity contribution < 1.29 is 0 Å². The molecule has 0 radical (unpaired) electrons. The van der Waals surface area contributed by atoms with Crippen LogP contribution in [0.5, 0.6) is 0 Å². The van der Waals surface area contributed by atoms with Crippen LogP contribution in [0.4, 0.5) is 0 Å². The van der Waals surface area contributed by atoms with Gasteiger partial charge in [-0.05, 0) is 20.8 Å². The van der Waals surface area contributed by atoms with Crippen molar-refractivity contribution in [2.75, 3.05) is 6.54 Å². The van der Waals surface area contributed by atoms with Crippen LogP contribution >= 0.6 is 0 Å². The van der Waals surface area contributed by atoms with E-state index in [0.29, 0.717) is 0 Å². The summed E-state index contributed by atoms with van der Waals surface area (Å²) in [6.45, 7) is 7.22. The molecule has 0 saturated heterocycles. The molecule has 1 aliphatic heterocycles. The second-order valence-electron chi connectivity index (χ2n) is 2.86. The van der Waals surface area contributed by atoms with Crippen LogP contribution in [-0.4, -0.2) is 17.9 Å². The second-order valence-corrected chi connectivity index (χ2v) is 2.86. The van der Waals surface area contributed by atoms with E-state index in [4.69, 9.17) is 0 Å². The normalized spacial score (nSPS) is 24.6. The number of rotatable bonds is 0. The van der Waals surface area contributed by atoms with E-state index in [1.165, 1.54) is 0 Å². The van der Waals surface area contributed by atoms with E-state index in [1.807, 2.05) is 6.92 Å². The predicted molar refractivity (Wildman–Crippen MR) is 35.2 cm³/mol. The first-order chi connectivity index (χ1) is 3.60. The summed E-state index contributed by atoms with van der Waals surface area (Å²) in [6.07, 6.45) is 0. The summed E-state index contributed by atoms with van der Waals surface area (Å²) in [5, 5.41) is 3.16.